The van der Waals surface area contributed by atoms with Crippen molar-refractivity contribution in [2.45, 2.75) is 26.5 Å². The number of aliphatic imine (C=N–C) groups is 1. The van der Waals surface area contributed by atoms with Crippen LogP contribution in [0.15, 0.2) is 41.4 Å². The number of hydrogen-bond donors (Lipinski definition) is 0. The van der Waals surface area contributed by atoms with Gasteiger partial charge in [0.1, 0.15) is 5.82 Å². The summed E-state index contributed by atoms with van der Waals surface area (Å²) in [5.41, 5.74) is 1.00. The van der Waals surface area contributed by atoms with E-state index in [2.05, 4.69) is 4.99 Å². The molecule has 2 aromatic rings. The maximum Gasteiger partial charge on any atom is 0.260 e. The zero-order chi connectivity index (χ0) is 22.2. The van der Waals surface area contributed by atoms with Crippen molar-refractivity contribution in [2.24, 2.45) is 4.99 Å². The van der Waals surface area contributed by atoms with Gasteiger partial charge in [0, 0.05) is 17.9 Å². The number of amides is 1. The van der Waals surface area contributed by atoms with Gasteiger partial charge in [-0.15, -0.1) is 0 Å². The molecule has 31 heavy (non-hydrogen) atoms. The smallest absolute Gasteiger partial charge is 0.260 e. The molecule has 3 rings (SSSR count). The number of halogens is 1. The molecular formula is C23H27FN2O4S. The molecule has 6 nitrogen and oxygen atoms in total. The molecule has 0 N–H and O–H groups in total. The van der Waals surface area contributed by atoms with Gasteiger partial charge in [-0.25, -0.2) is 4.39 Å². The molecule has 1 amide bonds. The first-order valence-electron chi connectivity index (χ1n) is 10.4. The molecule has 0 aliphatic carbocycles. The van der Waals surface area contributed by atoms with Crippen LogP contribution in [0.1, 0.15) is 36.7 Å². The molecule has 0 fully saturated rings. The van der Waals surface area contributed by atoms with Crippen LogP contribution in [0.2, 0.25) is 0 Å². The minimum atomic E-state index is -0.263. The fraction of sp³-hybridized carbons (Fsp3) is 0.391. The van der Waals surface area contributed by atoms with Crippen LogP contribution in [-0.2, 0) is 5.75 Å². The summed E-state index contributed by atoms with van der Waals surface area (Å²) in [6.45, 7) is 7.91. The number of nitrogens with zero attached hydrogens (tertiary/aromatic N) is 2. The van der Waals surface area contributed by atoms with Gasteiger partial charge >= 0.3 is 0 Å². The molecule has 0 saturated heterocycles. The summed E-state index contributed by atoms with van der Waals surface area (Å²) in [6.07, 6.45) is 0. The van der Waals surface area contributed by atoms with Gasteiger partial charge in [-0.1, -0.05) is 30.0 Å². The van der Waals surface area contributed by atoms with E-state index in [9.17, 15) is 9.18 Å². The third kappa shape index (κ3) is 5.50. The van der Waals surface area contributed by atoms with E-state index in [4.69, 9.17) is 14.2 Å². The predicted molar refractivity (Wildman–Crippen MR) is 121 cm³/mol. The Bertz CT molecular complexity index is 924. The summed E-state index contributed by atoms with van der Waals surface area (Å²) in [5, 5.41) is 0.582. The molecule has 0 radical (unpaired) electrons. The van der Waals surface area contributed by atoms with Gasteiger partial charge in [0.2, 0.25) is 5.75 Å². The van der Waals surface area contributed by atoms with Crippen molar-refractivity contribution in [3.63, 3.8) is 0 Å². The van der Waals surface area contributed by atoms with E-state index in [-0.39, 0.29) is 11.7 Å². The first kappa shape index (κ1) is 22.9. The minimum absolute atomic E-state index is 0.206. The van der Waals surface area contributed by atoms with Crippen molar-refractivity contribution < 1.29 is 23.4 Å². The standard InChI is InChI=1S/C23H27FN2O4S/c1-4-28-19-13-17(14-20(29-5-2)21(19)30-6-3)22(27)26-12-11-25-23(26)31-15-16-9-7-8-10-18(16)24/h7-10,13-14H,4-6,11-12,15H2,1-3H3. The maximum atomic E-state index is 13.9. The summed E-state index contributed by atoms with van der Waals surface area (Å²) < 4.78 is 31.1. The molecule has 0 saturated carbocycles. The number of thioether (sulfide) groups is 1. The van der Waals surface area contributed by atoms with Gasteiger partial charge in [-0.2, -0.15) is 0 Å². The van der Waals surface area contributed by atoms with Gasteiger partial charge in [0.15, 0.2) is 16.7 Å². The van der Waals surface area contributed by atoms with Gasteiger partial charge in [0.25, 0.3) is 5.91 Å². The Hall–Kier alpha value is -2.74. The number of benzene rings is 2. The van der Waals surface area contributed by atoms with Crippen molar-refractivity contribution in [3.05, 3.63) is 53.3 Å². The molecule has 8 heteroatoms. The topological polar surface area (TPSA) is 60.4 Å². The summed E-state index contributed by atoms with van der Waals surface area (Å²) in [4.78, 5) is 19.4. The lowest BCUT2D eigenvalue weighted by Crippen LogP contribution is -2.33. The van der Waals surface area contributed by atoms with Crippen LogP contribution >= 0.6 is 11.8 Å². The van der Waals surface area contributed by atoms with Crippen LogP contribution in [0.5, 0.6) is 17.2 Å². The molecule has 0 bridgehead atoms. The van der Waals surface area contributed by atoms with E-state index in [0.717, 1.165) is 0 Å². The molecular weight excluding hydrogens is 419 g/mol. The summed E-state index contributed by atoms with van der Waals surface area (Å²) in [5.74, 6) is 1.35. The largest absolute Gasteiger partial charge is 0.490 e. The van der Waals surface area contributed by atoms with Gasteiger partial charge < -0.3 is 14.2 Å². The monoisotopic (exact) mass is 446 g/mol. The first-order chi connectivity index (χ1) is 15.1. The van der Waals surface area contributed by atoms with Crippen molar-refractivity contribution in [2.75, 3.05) is 32.9 Å². The lowest BCUT2D eigenvalue weighted by atomic mass is 10.1. The number of ether oxygens (including phenoxy) is 3. The highest BCUT2D eigenvalue weighted by molar-refractivity contribution is 8.13. The van der Waals surface area contributed by atoms with E-state index in [0.29, 0.717) is 72.2 Å². The zero-order valence-electron chi connectivity index (χ0n) is 18.0. The van der Waals surface area contributed by atoms with Crippen molar-refractivity contribution in [3.8, 4) is 17.2 Å². The Morgan fingerprint density at radius 2 is 1.71 bits per heavy atom. The van der Waals surface area contributed by atoms with Crippen LogP contribution in [0.25, 0.3) is 0 Å². The second-order valence-corrected chi connectivity index (χ2v) is 7.54. The molecule has 0 spiro atoms. The Kier molecular flexibility index (Phi) is 8.17. The number of amidine groups is 1. The second kappa shape index (κ2) is 11.0. The lowest BCUT2D eigenvalue weighted by Gasteiger charge is -2.21. The molecule has 166 valence electrons. The highest BCUT2D eigenvalue weighted by atomic mass is 32.2. The molecule has 1 heterocycles. The summed E-state index contributed by atoms with van der Waals surface area (Å²) in [6, 6.07) is 9.97. The van der Waals surface area contributed by atoms with E-state index in [1.54, 1.807) is 35.2 Å². The highest BCUT2D eigenvalue weighted by Gasteiger charge is 2.28. The van der Waals surface area contributed by atoms with Crippen LogP contribution in [-0.4, -0.2) is 48.9 Å². The van der Waals surface area contributed by atoms with Gasteiger partial charge in [-0.3, -0.25) is 14.7 Å². The highest BCUT2D eigenvalue weighted by Crippen LogP contribution is 2.39. The second-order valence-electron chi connectivity index (χ2n) is 6.60. The van der Waals surface area contributed by atoms with E-state index < -0.39 is 0 Å². The average molecular weight is 447 g/mol. The van der Waals surface area contributed by atoms with Gasteiger partial charge in [-0.05, 0) is 44.5 Å². The Morgan fingerprint density at radius 1 is 1.06 bits per heavy atom. The maximum absolute atomic E-state index is 13.9. The number of carbonyl (C=O) groups is 1. The van der Waals surface area contributed by atoms with Crippen LogP contribution in [0.3, 0.4) is 0 Å². The lowest BCUT2D eigenvalue weighted by molar-refractivity contribution is 0.0859. The van der Waals surface area contributed by atoms with Crippen molar-refractivity contribution in [1.29, 1.82) is 0 Å². The molecule has 1 aliphatic heterocycles. The van der Waals surface area contributed by atoms with E-state index in [1.807, 2.05) is 20.8 Å². The third-order valence-electron chi connectivity index (χ3n) is 4.52. The fourth-order valence-corrected chi connectivity index (χ4v) is 4.20. The number of carbonyl (C=O) groups excluding carboxylic acids is 1. The van der Waals surface area contributed by atoms with Crippen molar-refractivity contribution in [1.82, 2.24) is 4.90 Å². The average Bonchev–Trinajstić information content (AvgIpc) is 3.23. The van der Waals surface area contributed by atoms with Crippen molar-refractivity contribution >= 4 is 22.8 Å². The normalized spacial score (nSPS) is 13.2. The Balaban J connectivity index is 1.83. The minimum Gasteiger partial charge on any atom is -0.490 e. The molecule has 1 aliphatic rings. The molecule has 2 aromatic carbocycles. The third-order valence-corrected chi connectivity index (χ3v) is 5.58. The van der Waals surface area contributed by atoms with Crippen LogP contribution in [0, 0.1) is 5.82 Å². The SMILES string of the molecule is CCOc1cc(C(=O)N2CCN=C2SCc2ccccc2F)cc(OCC)c1OCC. The Labute approximate surface area is 186 Å². The summed E-state index contributed by atoms with van der Waals surface area (Å²) >= 11 is 1.35. The predicted octanol–water partition coefficient (Wildman–Crippen LogP) is 4.77. The zero-order valence-corrected chi connectivity index (χ0v) is 18.8. The summed E-state index contributed by atoms with van der Waals surface area (Å²) in [7, 11) is 0. The quantitative estimate of drug-likeness (QED) is 0.555. The van der Waals surface area contributed by atoms with Crippen LogP contribution < -0.4 is 14.2 Å². The molecule has 0 atom stereocenters. The number of hydrogen-bond acceptors (Lipinski definition) is 6. The van der Waals surface area contributed by atoms with E-state index in [1.165, 1.54) is 17.8 Å². The van der Waals surface area contributed by atoms with Gasteiger partial charge in [0.05, 0.1) is 26.4 Å². The fourth-order valence-electron chi connectivity index (χ4n) is 3.16. The number of rotatable bonds is 9. The van der Waals surface area contributed by atoms with E-state index >= 15 is 0 Å². The molecule has 0 unspecified atom stereocenters. The Morgan fingerprint density at radius 3 is 2.32 bits per heavy atom. The van der Waals surface area contributed by atoms with Crippen LogP contribution in [0.4, 0.5) is 4.39 Å². The molecule has 0 aromatic heterocycles. The first-order valence-corrected chi connectivity index (χ1v) is 11.4.